The van der Waals surface area contributed by atoms with Gasteiger partial charge in [0.2, 0.25) is 0 Å². The first-order valence-electron chi connectivity index (χ1n) is 5.66. The highest BCUT2D eigenvalue weighted by Crippen LogP contribution is 2.33. The molecule has 1 aliphatic carbocycles. The maximum atomic E-state index is 6.04. The highest BCUT2D eigenvalue weighted by molar-refractivity contribution is 5.14. The second kappa shape index (κ2) is 4.61. The van der Waals surface area contributed by atoms with Crippen molar-refractivity contribution >= 4 is 0 Å². The molecule has 76 valence electrons. The zero-order valence-electron chi connectivity index (χ0n) is 8.65. The van der Waals surface area contributed by atoms with Gasteiger partial charge in [-0.25, -0.2) is 0 Å². The van der Waals surface area contributed by atoms with Gasteiger partial charge in [0.15, 0.2) is 0 Å². The third-order valence-corrected chi connectivity index (χ3v) is 3.07. The van der Waals surface area contributed by atoms with E-state index in [4.69, 9.17) is 5.73 Å². The Morgan fingerprint density at radius 3 is 2.57 bits per heavy atom. The zero-order chi connectivity index (χ0) is 9.80. The van der Waals surface area contributed by atoms with E-state index in [-0.39, 0.29) is 0 Å². The van der Waals surface area contributed by atoms with Crippen LogP contribution in [0.15, 0.2) is 30.3 Å². The number of rotatable bonds is 5. The van der Waals surface area contributed by atoms with Gasteiger partial charge in [0.25, 0.3) is 0 Å². The van der Waals surface area contributed by atoms with Gasteiger partial charge in [0.1, 0.15) is 0 Å². The fraction of sp³-hybridized carbons (Fsp3) is 0.538. The summed E-state index contributed by atoms with van der Waals surface area (Å²) in [5.41, 5.74) is 7.48. The van der Waals surface area contributed by atoms with Gasteiger partial charge in [-0.15, -0.1) is 0 Å². The third-order valence-electron chi connectivity index (χ3n) is 3.07. The van der Waals surface area contributed by atoms with Crippen LogP contribution in [0.5, 0.6) is 0 Å². The predicted octanol–water partition coefficient (Wildman–Crippen LogP) is 2.75. The molecule has 1 unspecified atom stereocenters. The minimum absolute atomic E-state index is 0.471. The standard InChI is InChI=1S/C13H19N/c14-13(12-9-10-12)8-4-7-11-5-2-1-3-6-11/h1-3,5-6,12-13H,4,7-10,14H2. The van der Waals surface area contributed by atoms with Crippen LogP contribution < -0.4 is 5.73 Å². The van der Waals surface area contributed by atoms with Gasteiger partial charge < -0.3 is 5.73 Å². The molecule has 0 bridgehead atoms. The Morgan fingerprint density at radius 1 is 1.21 bits per heavy atom. The average Bonchev–Trinajstić information content (AvgIpc) is 3.02. The van der Waals surface area contributed by atoms with E-state index in [2.05, 4.69) is 30.3 Å². The summed E-state index contributed by atoms with van der Waals surface area (Å²) in [4.78, 5) is 0. The van der Waals surface area contributed by atoms with Crippen molar-refractivity contribution < 1.29 is 0 Å². The lowest BCUT2D eigenvalue weighted by Crippen LogP contribution is -2.22. The fourth-order valence-electron chi connectivity index (χ4n) is 1.95. The molecule has 0 heterocycles. The molecule has 1 aromatic rings. The Balaban J connectivity index is 1.67. The van der Waals surface area contributed by atoms with Crippen molar-refractivity contribution in [2.75, 3.05) is 0 Å². The molecular weight excluding hydrogens is 170 g/mol. The molecule has 0 radical (unpaired) electrons. The summed E-state index contributed by atoms with van der Waals surface area (Å²) in [6, 6.07) is 11.1. The van der Waals surface area contributed by atoms with Crippen LogP contribution in [0.4, 0.5) is 0 Å². The molecule has 2 rings (SSSR count). The maximum Gasteiger partial charge on any atom is 0.00672 e. The van der Waals surface area contributed by atoms with Gasteiger partial charge in [0.05, 0.1) is 0 Å². The van der Waals surface area contributed by atoms with Crippen molar-refractivity contribution in [3.05, 3.63) is 35.9 Å². The van der Waals surface area contributed by atoms with E-state index in [9.17, 15) is 0 Å². The number of nitrogens with two attached hydrogens (primary N) is 1. The second-order valence-corrected chi connectivity index (χ2v) is 4.38. The van der Waals surface area contributed by atoms with Crippen molar-refractivity contribution in [1.29, 1.82) is 0 Å². The van der Waals surface area contributed by atoms with Gasteiger partial charge in [-0.2, -0.15) is 0 Å². The molecule has 0 aliphatic heterocycles. The zero-order valence-corrected chi connectivity index (χ0v) is 8.65. The van der Waals surface area contributed by atoms with Gasteiger partial charge >= 0.3 is 0 Å². The molecule has 1 saturated carbocycles. The molecule has 1 fully saturated rings. The summed E-state index contributed by atoms with van der Waals surface area (Å²) in [5, 5.41) is 0. The minimum atomic E-state index is 0.471. The van der Waals surface area contributed by atoms with Crippen molar-refractivity contribution in [3.63, 3.8) is 0 Å². The Hall–Kier alpha value is -0.820. The van der Waals surface area contributed by atoms with Crippen molar-refractivity contribution in [1.82, 2.24) is 0 Å². The quantitative estimate of drug-likeness (QED) is 0.757. The summed E-state index contributed by atoms with van der Waals surface area (Å²) in [5.74, 6) is 0.853. The minimum Gasteiger partial charge on any atom is -0.327 e. The average molecular weight is 189 g/mol. The predicted molar refractivity (Wildman–Crippen MR) is 60.1 cm³/mol. The summed E-state index contributed by atoms with van der Waals surface area (Å²) in [7, 11) is 0. The van der Waals surface area contributed by atoms with Crippen molar-refractivity contribution in [2.45, 2.75) is 38.1 Å². The molecule has 1 atom stereocenters. The lowest BCUT2D eigenvalue weighted by Gasteiger charge is -2.09. The lowest BCUT2D eigenvalue weighted by molar-refractivity contribution is 0.528. The van der Waals surface area contributed by atoms with Gasteiger partial charge in [-0.3, -0.25) is 0 Å². The van der Waals surface area contributed by atoms with E-state index in [0.717, 1.165) is 5.92 Å². The van der Waals surface area contributed by atoms with Gasteiger partial charge in [0, 0.05) is 6.04 Å². The maximum absolute atomic E-state index is 6.04. The first kappa shape index (κ1) is 9.72. The van der Waals surface area contributed by atoms with Crippen LogP contribution in [0.25, 0.3) is 0 Å². The van der Waals surface area contributed by atoms with E-state index in [1.165, 1.54) is 37.7 Å². The first-order chi connectivity index (χ1) is 6.86. The molecule has 1 aliphatic rings. The normalized spacial score (nSPS) is 18.1. The molecule has 14 heavy (non-hydrogen) atoms. The van der Waals surface area contributed by atoms with Crippen molar-refractivity contribution in [2.24, 2.45) is 11.7 Å². The topological polar surface area (TPSA) is 26.0 Å². The molecular formula is C13H19N. The van der Waals surface area contributed by atoms with E-state index in [1.807, 2.05) is 0 Å². The Labute approximate surface area is 86.3 Å². The van der Waals surface area contributed by atoms with E-state index in [1.54, 1.807) is 0 Å². The molecule has 0 spiro atoms. The van der Waals surface area contributed by atoms with E-state index >= 15 is 0 Å². The molecule has 1 nitrogen and oxygen atoms in total. The Bertz CT molecular complexity index is 264. The summed E-state index contributed by atoms with van der Waals surface area (Å²) in [6.07, 6.45) is 6.35. The SMILES string of the molecule is NC(CCCc1ccccc1)C1CC1. The van der Waals surface area contributed by atoms with E-state index < -0.39 is 0 Å². The first-order valence-corrected chi connectivity index (χ1v) is 5.66. The second-order valence-electron chi connectivity index (χ2n) is 4.38. The molecule has 1 aromatic carbocycles. The highest BCUT2D eigenvalue weighted by atomic mass is 14.7. The van der Waals surface area contributed by atoms with Crippen LogP contribution in [0.1, 0.15) is 31.2 Å². The number of hydrogen-bond donors (Lipinski definition) is 1. The van der Waals surface area contributed by atoms with Crippen LogP contribution >= 0.6 is 0 Å². The van der Waals surface area contributed by atoms with Crippen LogP contribution in [-0.2, 0) is 6.42 Å². The van der Waals surface area contributed by atoms with Gasteiger partial charge in [-0.1, -0.05) is 30.3 Å². The molecule has 2 N–H and O–H groups in total. The monoisotopic (exact) mass is 189 g/mol. The molecule has 0 aromatic heterocycles. The highest BCUT2D eigenvalue weighted by Gasteiger charge is 2.27. The number of hydrogen-bond acceptors (Lipinski definition) is 1. The number of benzene rings is 1. The van der Waals surface area contributed by atoms with Crippen LogP contribution in [0.2, 0.25) is 0 Å². The van der Waals surface area contributed by atoms with Crippen LogP contribution in [0.3, 0.4) is 0 Å². The molecule has 0 amide bonds. The fourth-order valence-corrected chi connectivity index (χ4v) is 1.95. The van der Waals surface area contributed by atoms with Crippen molar-refractivity contribution in [3.8, 4) is 0 Å². The summed E-state index contributed by atoms with van der Waals surface area (Å²) >= 11 is 0. The Morgan fingerprint density at radius 2 is 1.93 bits per heavy atom. The third kappa shape index (κ3) is 2.85. The van der Waals surface area contributed by atoms with E-state index in [0.29, 0.717) is 6.04 Å². The molecule has 1 heteroatoms. The smallest absolute Gasteiger partial charge is 0.00672 e. The summed E-state index contributed by atoms with van der Waals surface area (Å²) < 4.78 is 0. The largest absolute Gasteiger partial charge is 0.327 e. The van der Waals surface area contributed by atoms with Crippen LogP contribution in [-0.4, -0.2) is 6.04 Å². The van der Waals surface area contributed by atoms with Gasteiger partial charge in [-0.05, 0) is 43.6 Å². The summed E-state index contributed by atoms with van der Waals surface area (Å²) in [6.45, 7) is 0. The Kier molecular flexibility index (Phi) is 3.20. The molecule has 0 saturated heterocycles. The lowest BCUT2D eigenvalue weighted by atomic mass is 10.0. The number of aryl methyl sites for hydroxylation is 1. The van der Waals surface area contributed by atoms with Crippen LogP contribution in [0, 0.1) is 5.92 Å².